The van der Waals surface area contributed by atoms with Crippen LogP contribution in [-0.2, 0) is 9.53 Å². The summed E-state index contributed by atoms with van der Waals surface area (Å²) in [5.41, 5.74) is -0.732. The molecule has 1 rings (SSSR count). The zero-order valence-electron chi connectivity index (χ0n) is 8.09. The Kier molecular flexibility index (Phi) is 3.55. The lowest BCUT2D eigenvalue weighted by Crippen LogP contribution is -2.09. The molecule has 0 aliphatic carbocycles. The number of rotatable bonds is 2. The van der Waals surface area contributed by atoms with E-state index in [-0.39, 0.29) is 6.07 Å². The molecule has 1 aromatic carbocycles. The minimum atomic E-state index is -1.41. The first-order valence-electron chi connectivity index (χ1n) is 4.07. The highest BCUT2D eigenvalue weighted by molar-refractivity contribution is 5.88. The van der Waals surface area contributed by atoms with Gasteiger partial charge in [-0.2, -0.15) is 0 Å². The van der Waals surface area contributed by atoms with E-state index in [1.165, 1.54) is 0 Å². The predicted octanol–water partition coefficient (Wildman–Crippen LogP) is 0.978. The molecule has 16 heavy (non-hydrogen) atoms. The molecule has 0 saturated carbocycles. The Hall–Kier alpha value is -1.98. The first kappa shape index (κ1) is 12.1. The number of esters is 1. The van der Waals surface area contributed by atoms with Crippen molar-refractivity contribution in [2.75, 3.05) is 7.11 Å². The van der Waals surface area contributed by atoms with E-state index in [9.17, 15) is 23.1 Å². The largest absolute Gasteiger partial charge is 0.872 e. The molecule has 0 aliphatic rings. The van der Waals surface area contributed by atoms with Gasteiger partial charge < -0.3 is 9.84 Å². The molecule has 0 amide bonds. The van der Waals surface area contributed by atoms with Crippen LogP contribution in [-0.4, -0.2) is 13.1 Å². The third-order valence-electron chi connectivity index (χ3n) is 1.73. The second kappa shape index (κ2) is 4.69. The van der Waals surface area contributed by atoms with Gasteiger partial charge in [0.2, 0.25) is 0 Å². The third-order valence-corrected chi connectivity index (χ3v) is 1.73. The maximum atomic E-state index is 13.0. The Morgan fingerprint density at radius 3 is 2.38 bits per heavy atom. The number of hydrogen-bond donors (Lipinski definition) is 0. The third kappa shape index (κ3) is 2.53. The fraction of sp³-hybridized carbons (Fsp3) is 0.100. The van der Waals surface area contributed by atoms with Gasteiger partial charge in [0.05, 0.1) is 7.11 Å². The number of methoxy groups -OCH3 is 1. The molecular weight excluding hydrogens is 225 g/mol. The second-order valence-corrected chi connectivity index (χ2v) is 2.78. The van der Waals surface area contributed by atoms with Crippen LogP contribution in [0.2, 0.25) is 0 Å². The standard InChI is InChI=1S/C10H7F3O3/c1-16-10(15)4-9(14)5-2-7(12)8(13)3-6(5)11/h2-4,14H,1H3/p-1/b9-4-. The molecule has 0 aliphatic heterocycles. The highest BCUT2D eigenvalue weighted by Crippen LogP contribution is 2.18. The summed E-state index contributed by atoms with van der Waals surface area (Å²) in [4.78, 5) is 10.7. The molecule has 0 bridgehead atoms. The molecular formula is C10H6F3O3-. The molecule has 0 aromatic heterocycles. The second-order valence-electron chi connectivity index (χ2n) is 2.78. The zero-order valence-corrected chi connectivity index (χ0v) is 8.09. The maximum absolute atomic E-state index is 13.0. The number of benzene rings is 1. The van der Waals surface area contributed by atoms with Crippen LogP contribution < -0.4 is 5.11 Å². The highest BCUT2D eigenvalue weighted by Gasteiger charge is 2.09. The highest BCUT2D eigenvalue weighted by atomic mass is 19.2. The Bertz CT molecular complexity index is 455. The molecule has 0 N–H and O–H groups in total. The van der Waals surface area contributed by atoms with Crippen molar-refractivity contribution in [1.29, 1.82) is 0 Å². The van der Waals surface area contributed by atoms with Crippen LogP contribution in [0.5, 0.6) is 0 Å². The maximum Gasteiger partial charge on any atom is 0.329 e. The Morgan fingerprint density at radius 1 is 1.25 bits per heavy atom. The molecule has 6 heteroatoms. The molecule has 0 heterocycles. The van der Waals surface area contributed by atoms with Crippen molar-refractivity contribution in [2.24, 2.45) is 0 Å². The number of carbonyl (C=O) groups is 1. The van der Waals surface area contributed by atoms with E-state index in [1.54, 1.807) is 0 Å². The fourth-order valence-electron chi connectivity index (χ4n) is 0.955. The van der Waals surface area contributed by atoms with Gasteiger partial charge in [0, 0.05) is 17.7 Å². The van der Waals surface area contributed by atoms with Crippen LogP contribution in [0.4, 0.5) is 13.2 Å². The van der Waals surface area contributed by atoms with Gasteiger partial charge >= 0.3 is 5.97 Å². The van der Waals surface area contributed by atoms with E-state index in [2.05, 4.69) is 4.74 Å². The minimum absolute atomic E-state index is 0.230. The summed E-state index contributed by atoms with van der Waals surface area (Å²) in [6.45, 7) is 0. The quantitative estimate of drug-likeness (QED) is 0.330. The summed E-state index contributed by atoms with van der Waals surface area (Å²) >= 11 is 0. The average molecular weight is 231 g/mol. The van der Waals surface area contributed by atoms with Gasteiger partial charge in [-0.05, 0) is 6.07 Å². The lowest BCUT2D eigenvalue weighted by Gasteiger charge is -2.12. The van der Waals surface area contributed by atoms with E-state index in [1.807, 2.05) is 0 Å². The van der Waals surface area contributed by atoms with Crippen molar-refractivity contribution in [3.63, 3.8) is 0 Å². The minimum Gasteiger partial charge on any atom is -0.872 e. The molecule has 0 radical (unpaired) electrons. The SMILES string of the molecule is COC(=O)/C=C(\[O-])c1cc(F)c(F)cc1F. The molecule has 86 valence electrons. The van der Waals surface area contributed by atoms with Gasteiger partial charge in [0.25, 0.3) is 0 Å². The molecule has 3 nitrogen and oxygen atoms in total. The average Bonchev–Trinajstić information content (AvgIpc) is 2.23. The smallest absolute Gasteiger partial charge is 0.329 e. The van der Waals surface area contributed by atoms with Crippen molar-refractivity contribution in [3.05, 3.63) is 41.2 Å². The summed E-state index contributed by atoms with van der Waals surface area (Å²) in [6.07, 6.45) is 0.440. The fourth-order valence-corrected chi connectivity index (χ4v) is 0.955. The van der Waals surface area contributed by atoms with Gasteiger partial charge in [0.1, 0.15) is 5.82 Å². The lowest BCUT2D eigenvalue weighted by atomic mass is 10.1. The molecule has 0 unspecified atom stereocenters. The van der Waals surface area contributed by atoms with Gasteiger partial charge in [-0.1, -0.05) is 5.76 Å². The van der Waals surface area contributed by atoms with E-state index < -0.39 is 34.7 Å². The lowest BCUT2D eigenvalue weighted by molar-refractivity contribution is -0.244. The van der Waals surface area contributed by atoms with Crippen LogP contribution in [0.3, 0.4) is 0 Å². The zero-order chi connectivity index (χ0) is 12.3. The predicted molar refractivity (Wildman–Crippen MR) is 46.3 cm³/mol. The summed E-state index contributed by atoms with van der Waals surface area (Å²) in [5, 5.41) is 11.2. The van der Waals surface area contributed by atoms with Crippen LogP contribution >= 0.6 is 0 Å². The summed E-state index contributed by atoms with van der Waals surface area (Å²) in [5.74, 6) is -6.13. The normalized spacial score (nSPS) is 11.4. The topological polar surface area (TPSA) is 49.4 Å². The first-order valence-corrected chi connectivity index (χ1v) is 4.07. The van der Waals surface area contributed by atoms with Gasteiger partial charge in [-0.15, -0.1) is 0 Å². The van der Waals surface area contributed by atoms with Crippen LogP contribution in [0.1, 0.15) is 5.56 Å². The Balaban J connectivity index is 3.18. The van der Waals surface area contributed by atoms with E-state index in [0.717, 1.165) is 7.11 Å². The number of hydrogen-bond acceptors (Lipinski definition) is 3. The molecule has 0 saturated heterocycles. The van der Waals surface area contributed by atoms with Gasteiger partial charge in [-0.25, -0.2) is 18.0 Å². The number of carbonyl (C=O) groups excluding carboxylic acids is 1. The molecule has 0 spiro atoms. The van der Waals surface area contributed by atoms with Crippen molar-refractivity contribution in [1.82, 2.24) is 0 Å². The van der Waals surface area contributed by atoms with Crippen molar-refractivity contribution < 1.29 is 27.8 Å². The van der Waals surface area contributed by atoms with Gasteiger partial charge in [0.15, 0.2) is 11.6 Å². The monoisotopic (exact) mass is 231 g/mol. The Labute approximate surface area is 88.8 Å². The van der Waals surface area contributed by atoms with E-state index in [4.69, 9.17) is 0 Å². The van der Waals surface area contributed by atoms with Crippen LogP contribution in [0, 0.1) is 17.5 Å². The molecule has 0 atom stereocenters. The van der Waals surface area contributed by atoms with Crippen molar-refractivity contribution >= 4 is 11.7 Å². The molecule has 1 aromatic rings. The number of ether oxygens (including phenoxy) is 1. The number of halogens is 3. The van der Waals surface area contributed by atoms with Crippen LogP contribution in [0.15, 0.2) is 18.2 Å². The molecule has 0 fully saturated rings. The van der Waals surface area contributed by atoms with Crippen molar-refractivity contribution in [3.8, 4) is 0 Å². The van der Waals surface area contributed by atoms with E-state index >= 15 is 0 Å². The summed E-state index contributed by atoms with van der Waals surface area (Å²) in [6, 6.07) is 0.611. The van der Waals surface area contributed by atoms with Gasteiger partial charge in [-0.3, -0.25) is 0 Å². The summed E-state index contributed by atoms with van der Waals surface area (Å²) < 4.78 is 42.4. The van der Waals surface area contributed by atoms with E-state index in [0.29, 0.717) is 12.1 Å². The summed E-state index contributed by atoms with van der Waals surface area (Å²) in [7, 11) is 1.02. The van der Waals surface area contributed by atoms with Crippen molar-refractivity contribution in [2.45, 2.75) is 0 Å². The first-order chi connectivity index (χ1) is 7.45. The Morgan fingerprint density at radius 2 is 1.81 bits per heavy atom. The van der Waals surface area contributed by atoms with Crippen LogP contribution in [0.25, 0.3) is 5.76 Å².